The Kier molecular flexibility index (Phi) is 8.00. The predicted molar refractivity (Wildman–Crippen MR) is 131 cm³/mol. The summed E-state index contributed by atoms with van der Waals surface area (Å²) in [5.41, 5.74) is 3.34. The van der Waals surface area contributed by atoms with E-state index in [4.69, 9.17) is 0 Å². The fraction of sp³-hybridized carbons (Fsp3) is 0.720. The third kappa shape index (κ3) is 4.64. The maximum absolute atomic E-state index is 12.4. The van der Waals surface area contributed by atoms with Gasteiger partial charge in [0.2, 0.25) is 5.91 Å². The van der Waals surface area contributed by atoms with Crippen LogP contribution < -0.4 is 5.32 Å². The molecule has 1 N–H and O–H groups in total. The number of halogens is 2. The van der Waals surface area contributed by atoms with E-state index < -0.39 is 0 Å². The molecule has 4 aliphatic rings. The monoisotopic (exact) mass is 467 g/mol. The average molecular weight is 469 g/mol. The van der Waals surface area contributed by atoms with E-state index in [9.17, 15) is 4.79 Å². The second-order valence-electron chi connectivity index (χ2n) is 10.3. The first-order valence-corrected chi connectivity index (χ1v) is 11.8. The van der Waals surface area contributed by atoms with E-state index in [2.05, 4.69) is 46.3 Å². The normalized spacial score (nSPS) is 30.5. The van der Waals surface area contributed by atoms with E-state index in [1.54, 1.807) is 6.92 Å². The number of rotatable bonds is 2. The lowest BCUT2D eigenvalue weighted by atomic mass is 9.67. The number of amides is 1. The SMILES string of the molecule is CC(=O)N1C[C@H]2CN(C3CCC4(CCNCC4)CC3)C[C@H]2[C@H]1c1ccccc1C.Cl.Cl. The molecule has 1 aliphatic carbocycles. The Morgan fingerprint density at radius 3 is 2.32 bits per heavy atom. The molecule has 1 aromatic carbocycles. The topological polar surface area (TPSA) is 35.6 Å². The van der Waals surface area contributed by atoms with Gasteiger partial charge in [-0.2, -0.15) is 0 Å². The van der Waals surface area contributed by atoms with E-state index in [-0.39, 0.29) is 36.8 Å². The van der Waals surface area contributed by atoms with Crippen molar-refractivity contribution in [2.75, 3.05) is 32.7 Å². The van der Waals surface area contributed by atoms with Crippen molar-refractivity contribution < 1.29 is 4.79 Å². The van der Waals surface area contributed by atoms with Crippen LogP contribution in [-0.2, 0) is 4.79 Å². The van der Waals surface area contributed by atoms with E-state index in [1.165, 1.54) is 75.8 Å². The molecule has 174 valence electrons. The van der Waals surface area contributed by atoms with Crippen molar-refractivity contribution in [2.45, 2.75) is 64.5 Å². The van der Waals surface area contributed by atoms with Gasteiger partial charge in [0.1, 0.15) is 0 Å². The Balaban J connectivity index is 0.00000136. The molecule has 31 heavy (non-hydrogen) atoms. The smallest absolute Gasteiger partial charge is 0.219 e. The van der Waals surface area contributed by atoms with Crippen molar-refractivity contribution in [3.8, 4) is 0 Å². The Labute approximate surface area is 200 Å². The summed E-state index contributed by atoms with van der Waals surface area (Å²) in [6.45, 7) is 9.70. The number of carbonyl (C=O) groups is 1. The van der Waals surface area contributed by atoms with Gasteiger partial charge in [-0.15, -0.1) is 24.8 Å². The summed E-state index contributed by atoms with van der Waals surface area (Å²) in [6, 6.07) is 9.74. The lowest BCUT2D eigenvalue weighted by Gasteiger charge is -2.45. The molecule has 4 nitrogen and oxygen atoms in total. The standard InChI is InChI=1S/C25H37N3O.2ClH/c1-18-5-3-4-6-22(18)24-23-17-27(15-20(23)16-28(24)19(2)29)21-7-9-25(10-8-21)11-13-26-14-12-25;;/h3-6,20-21,23-24,26H,7-17H2,1-2H3;2*1H/t20-,23-,24-;;/m1../s1. The van der Waals surface area contributed by atoms with Crippen LogP contribution in [0, 0.1) is 24.2 Å². The van der Waals surface area contributed by atoms with Crippen LogP contribution in [0.1, 0.15) is 62.6 Å². The molecule has 4 fully saturated rings. The molecule has 0 aromatic heterocycles. The summed E-state index contributed by atoms with van der Waals surface area (Å²) in [4.78, 5) is 17.4. The van der Waals surface area contributed by atoms with Crippen LogP contribution in [0.25, 0.3) is 0 Å². The van der Waals surface area contributed by atoms with Crippen molar-refractivity contribution >= 4 is 30.7 Å². The summed E-state index contributed by atoms with van der Waals surface area (Å²) in [5.74, 6) is 1.47. The molecule has 0 unspecified atom stereocenters. The number of nitrogens with one attached hydrogen (secondary N) is 1. The minimum atomic E-state index is 0. The summed E-state index contributed by atoms with van der Waals surface area (Å²) in [7, 11) is 0. The van der Waals surface area contributed by atoms with Crippen LogP contribution in [0.5, 0.6) is 0 Å². The molecule has 1 saturated carbocycles. The van der Waals surface area contributed by atoms with Gasteiger partial charge in [0.25, 0.3) is 0 Å². The van der Waals surface area contributed by atoms with Gasteiger partial charge in [0, 0.05) is 38.5 Å². The highest BCUT2D eigenvalue weighted by Crippen LogP contribution is 2.49. The van der Waals surface area contributed by atoms with Crippen molar-refractivity contribution in [2.24, 2.45) is 17.3 Å². The minimum absolute atomic E-state index is 0. The van der Waals surface area contributed by atoms with Crippen LogP contribution in [0.3, 0.4) is 0 Å². The van der Waals surface area contributed by atoms with Crippen LogP contribution in [-0.4, -0.2) is 54.5 Å². The fourth-order valence-electron chi connectivity index (χ4n) is 7.06. The van der Waals surface area contributed by atoms with Gasteiger partial charge in [0.05, 0.1) is 6.04 Å². The Morgan fingerprint density at radius 2 is 1.68 bits per heavy atom. The molecule has 3 aliphatic heterocycles. The van der Waals surface area contributed by atoms with Crippen LogP contribution in [0.4, 0.5) is 0 Å². The van der Waals surface area contributed by atoms with E-state index in [0.717, 1.165) is 12.6 Å². The van der Waals surface area contributed by atoms with Crippen molar-refractivity contribution in [3.05, 3.63) is 35.4 Å². The molecule has 6 heteroatoms. The maximum Gasteiger partial charge on any atom is 0.219 e. The molecule has 0 bridgehead atoms. The highest BCUT2D eigenvalue weighted by atomic mass is 35.5. The van der Waals surface area contributed by atoms with Crippen LogP contribution >= 0.6 is 24.8 Å². The summed E-state index contributed by atoms with van der Waals surface area (Å²) in [6.07, 6.45) is 8.37. The number of hydrogen-bond acceptors (Lipinski definition) is 3. The zero-order chi connectivity index (χ0) is 20.0. The highest BCUT2D eigenvalue weighted by Gasteiger charge is 2.50. The number of fused-ring (bicyclic) bond motifs is 1. The number of hydrogen-bond donors (Lipinski definition) is 1. The quantitative estimate of drug-likeness (QED) is 0.689. The summed E-state index contributed by atoms with van der Waals surface area (Å²) in [5, 5.41) is 3.55. The number of carbonyl (C=O) groups excluding carboxylic acids is 1. The van der Waals surface area contributed by atoms with Gasteiger partial charge in [-0.3, -0.25) is 9.69 Å². The maximum atomic E-state index is 12.4. The van der Waals surface area contributed by atoms with E-state index in [0.29, 0.717) is 17.3 Å². The van der Waals surface area contributed by atoms with Gasteiger partial charge in [-0.25, -0.2) is 0 Å². The number of nitrogens with zero attached hydrogens (tertiary/aromatic N) is 2. The van der Waals surface area contributed by atoms with E-state index in [1.807, 2.05) is 0 Å². The molecule has 1 amide bonds. The van der Waals surface area contributed by atoms with Crippen molar-refractivity contribution in [1.29, 1.82) is 0 Å². The Bertz CT molecular complexity index is 757. The number of likely N-dealkylation sites (tertiary alicyclic amines) is 2. The molecule has 1 aromatic rings. The van der Waals surface area contributed by atoms with Crippen LogP contribution in [0.15, 0.2) is 24.3 Å². The van der Waals surface area contributed by atoms with Gasteiger partial charge in [-0.1, -0.05) is 24.3 Å². The lowest BCUT2D eigenvalue weighted by molar-refractivity contribution is -0.130. The fourth-order valence-corrected chi connectivity index (χ4v) is 7.06. The van der Waals surface area contributed by atoms with Gasteiger partial charge in [-0.05, 0) is 81.0 Å². The third-order valence-electron chi connectivity index (χ3n) is 8.80. The second-order valence-corrected chi connectivity index (χ2v) is 10.3. The number of benzene rings is 1. The first-order valence-electron chi connectivity index (χ1n) is 11.8. The first kappa shape index (κ1) is 24.8. The van der Waals surface area contributed by atoms with Crippen molar-refractivity contribution in [3.63, 3.8) is 0 Å². The van der Waals surface area contributed by atoms with Gasteiger partial charge >= 0.3 is 0 Å². The third-order valence-corrected chi connectivity index (χ3v) is 8.80. The lowest BCUT2D eigenvalue weighted by Crippen LogP contribution is -2.45. The zero-order valence-corrected chi connectivity index (χ0v) is 20.6. The van der Waals surface area contributed by atoms with Gasteiger partial charge < -0.3 is 10.2 Å². The van der Waals surface area contributed by atoms with Crippen molar-refractivity contribution in [1.82, 2.24) is 15.1 Å². The molecule has 0 radical (unpaired) electrons. The number of piperidine rings is 1. The largest absolute Gasteiger partial charge is 0.335 e. The van der Waals surface area contributed by atoms with E-state index >= 15 is 0 Å². The summed E-state index contributed by atoms with van der Waals surface area (Å²) >= 11 is 0. The highest BCUT2D eigenvalue weighted by molar-refractivity contribution is 5.85. The first-order chi connectivity index (χ1) is 14.1. The second kappa shape index (κ2) is 9.99. The molecule has 3 heterocycles. The van der Waals surface area contributed by atoms with Gasteiger partial charge in [0.15, 0.2) is 0 Å². The molecule has 5 rings (SSSR count). The Hall–Kier alpha value is -0.810. The average Bonchev–Trinajstić information content (AvgIpc) is 3.28. The predicted octanol–water partition coefficient (Wildman–Crippen LogP) is 4.60. The molecular weight excluding hydrogens is 429 g/mol. The summed E-state index contributed by atoms with van der Waals surface area (Å²) < 4.78 is 0. The zero-order valence-electron chi connectivity index (χ0n) is 19.0. The Morgan fingerprint density at radius 1 is 1.00 bits per heavy atom. The molecule has 1 spiro atoms. The number of aryl methyl sites for hydroxylation is 1. The minimum Gasteiger partial charge on any atom is -0.335 e. The molecular formula is C25H39Cl2N3O. The van der Waals surface area contributed by atoms with Crippen LogP contribution in [0.2, 0.25) is 0 Å². The molecule has 3 saturated heterocycles. The molecule has 3 atom stereocenters.